The molecule has 110 valence electrons. The first-order valence-corrected chi connectivity index (χ1v) is 6.87. The number of rotatable bonds is 5. The molecule has 0 radical (unpaired) electrons. The summed E-state index contributed by atoms with van der Waals surface area (Å²) in [5.41, 5.74) is 1.36. The van der Waals surface area contributed by atoms with Crippen molar-refractivity contribution in [1.29, 1.82) is 0 Å². The lowest BCUT2D eigenvalue weighted by molar-refractivity contribution is -0.143. The highest BCUT2D eigenvalue weighted by molar-refractivity contribution is 6.28. The average Bonchev–Trinajstić information content (AvgIpc) is 2.46. The molecule has 0 fully saturated rings. The first-order chi connectivity index (χ1) is 10.1. The molecule has 0 aliphatic rings. The zero-order valence-corrected chi connectivity index (χ0v) is 12.2. The van der Waals surface area contributed by atoms with Crippen LogP contribution in [0.15, 0.2) is 36.5 Å². The van der Waals surface area contributed by atoms with Gasteiger partial charge in [0.2, 0.25) is 5.28 Å². The van der Waals surface area contributed by atoms with E-state index < -0.39 is 0 Å². The van der Waals surface area contributed by atoms with E-state index in [-0.39, 0.29) is 29.4 Å². The maximum Gasteiger partial charge on any atom is 0.306 e. The maximum absolute atomic E-state index is 13.1. The van der Waals surface area contributed by atoms with E-state index in [0.29, 0.717) is 12.3 Å². The van der Waals surface area contributed by atoms with Gasteiger partial charge in [0.25, 0.3) is 0 Å². The lowest BCUT2D eigenvalue weighted by atomic mass is 9.92. The third-order valence-electron chi connectivity index (χ3n) is 2.95. The molecule has 1 heterocycles. The minimum Gasteiger partial charge on any atom is -0.466 e. The summed E-state index contributed by atoms with van der Waals surface area (Å²) in [6.07, 6.45) is 1.62. The SMILES string of the molecule is CCOC(=O)CC(c1ccc(F)cc1)c1ccnc(Cl)n1. The summed E-state index contributed by atoms with van der Waals surface area (Å²) in [5.74, 6) is -1.04. The van der Waals surface area contributed by atoms with Gasteiger partial charge in [0.15, 0.2) is 0 Å². The van der Waals surface area contributed by atoms with Crippen LogP contribution in [0, 0.1) is 5.82 Å². The standard InChI is InChI=1S/C15H14ClFN2O2/c1-2-21-14(20)9-12(10-3-5-11(17)6-4-10)13-7-8-18-15(16)19-13/h3-8,12H,2,9H2,1H3. The van der Waals surface area contributed by atoms with E-state index in [9.17, 15) is 9.18 Å². The van der Waals surface area contributed by atoms with Gasteiger partial charge >= 0.3 is 5.97 Å². The van der Waals surface area contributed by atoms with Crippen molar-refractivity contribution in [1.82, 2.24) is 9.97 Å². The second-order valence-electron chi connectivity index (χ2n) is 4.36. The Morgan fingerprint density at radius 3 is 2.67 bits per heavy atom. The molecule has 1 aromatic carbocycles. The number of halogens is 2. The van der Waals surface area contributed by atoms with Crippen molar-refractivity contribution < 1.29 is 13.9 Å². The molecular weight excluding hydrogens is 295 g/mol. The monoisotopic (exact) mass is 308 g/mol. The molecular formula is C15H14ClFN2O2. The Bertz CT molecular complexity index is 619. The number of ether oxygens (including phenoxy) is 1. The Balaban J connectivity index is 2.34. The molecule has 0 spiro atoms. The van der Waals surface area contributed by atoms with Gasteiger partial charge in [0, 0.05) is 12.1 Å². The van der Waals surface area contributed by atoms with Gasteiger partial charge in [-0.1, -0.05) is 12.1 Å². The largest absolute Gasteiger partial charge is 0.466 e. The first-order valence-electron chi connectivity index (χ1n) is 6.49. The predicted molar refractivity (Wildman–Crippen MR) is 76.5 cm³/mol. The van der Waals surface area contributed by atoms with E-state index >= 15 is 0 Å². The summed E-state index contributed by atoms with van der Waals surface area (Å²) in [7, 11) is 0. The first kappa shape index (κ1) is 15.4. The summed E-state index contributed by atoms with van der Waals surface area (Å²) < 4.78 is 18.0. The summed E-state index contributed by atoms with van der Waals surface area (Å²) in [6.45, 7) is 2.05. The summed E-state index contributed by atoms with van der Waals surface area (Å²) in [4.78, 5) is 19.7. The highest BCUT2D eigenvalue weighted by Gasteiger charge is 2.21. The molecule has 6 heteroatoms. The van der Waals surface area contributed by atoms with Crippen LogP contribution < -0.4 is 0 Å². The Kier molecular flexibility index (Phi) is 5.22. The van der Waals surface area contributed by atoms with Gasteiger partial charge in [-0.15, -0.1) is 0 Å². The summed E-state index contributed by atoms with van der Waals surface area (Å²) in [6, 6.07) is 7.61. The van der Waals surface area contributed by atoms with E-state index in [0.717, 1.165) is 5.56 Å². The predicted octanol–water partition coefficient (Wildman–Crippen LogP) is 3.35. The number of carbonyl (C=O) groups excluding carboxylic acids is 1. The fourth-order valence-corrected chi connectivity index (χ4v) is 2.17. The molecule has 0 saturated heterocycles. The molecule has 2 rings (SSSR count). The summed E-state index contributed by atoms with van der Waals surface area (Å²) >= 11 is 5.80. The van der Waals surface area contributed by atoms with Gasteiger partial charge in [0.1, 0.15) is 5.82 Å². The number of benzene rings is 1. The highest BCUT2D eigenvalue weighted by atomic mass is 35.5. The van der Waals surface area contributed by atoms with Gasteiger partial charge in [-0.2, -0.15) is 0 Å². The maximum atomic E-state index is 13.1. The molecule has 1 aromatic heterocycles. The van der Waals surface area contributed by atoms with E-state index in [1.54, 1.807) is 25.1 Å². The van der Waals surface area contributed by atoms with Crippen LogP contribution in [0.25, 0.3) is 0 Å². The zero-order valence-electron chi connectivity index (χ0n) is 11.4. The Morgan fingerprint density at radius 1 is 1.33 bits per heavy atom. The highest BCUT2D eigenvalue weighted by Crippen LogP contribution is 2.27. The number of aromatic nitrogens is 2. The van der Waals surface area contributed by atoms with E-state index in [1.165, 1.54) is 18.3 Å². The molecule has 0 N–H and O–H groups in total. The number of hydrogen-bond donors (Lipinski definition) is 0. The van der Waals surface area contributed by atoms with Crippen molar-refractivity contribution in [2.45, 2.75) is 19.3 Å². The molecule has 1 unspecified atom stereocenters. The molecule has 0 aliphatic heterocycles. The molecule has 0 amide bonds. The molecule has 2 aromatic rings. The van der Waals surface area contributed by atoms with E-state index in [4.69, 9.17) is 16.3 Å². The van der Waals surface area contributed by atoms with Gasteiger partial charge in [-0.3, -0.25) is 4.79 Å². The lowest BCUT2D eigenvalue weighted by Gasteiger charge is -2.16. The van der Waals surface area contributed by atoms with Crippen LogP contribution in [0.3, 0.4) is 0 Å². The van der Waals surface area contributed by atoms with Gasteiger partial charge in [-0.25, -0.2) is 14.4 Å². The topological polar surface area (TPSA) is 52.1 Å². The van der Waals surface area contributed by atoms with Crippen molar-refractivity contribution in [3.63, 3.8) is 0 Å². The van der Waals surface area contributed by atoms with Crippen LogP contribution >= 0.6 is 11.6 Å². The van der Waals surface area contributed by atoms with E-state index in [2.05, 4.69) is 9.97 Å². The van der Waals surface area contributed by atoms with Gasteiger partial charge < -0.3 is 4.74 Å². The van der Waals surface area contributed by atoms with Crippen LogP contribution in [0.5, 0.6) is 0 Å². The normalized spacial score (nSPS) is 12.0. The van der Waals surface area contributed by atoms with E-state index in [1.807, 2.05) is 0 Å². The Labute approximate surface area is 126 Å². The average molecular weight is 309 g/mol. The second kappa shape index (κ2) is 7.13. The van der Waals surface area contributed by atoms with Crippen LogP contribution in [0.4, 0.5) is 4.39 Å². The van der Waals surface area contributed by atoms with Crippen LogP contribution in [0.1, 0.15) is 30.5 Å². The quantitative estimate of drug-likeness (QED) is 0.628. The van der Waals surface area contributed by atoms with Crippen molar-refractivity contribution in [2.24, 2.45) is 0 Å². The van der Waals surface area contributed by atoms with Crippen molar-refractivity contribution in [3.8, 4) is 0 Å². The minimum atomic E-state index is -0.356. The van der Waals surface area contributed by atoms with Crippen molar-refractivity contribution in [2.75, 3.05) is 6.61 Å². The Morgan fingerprint density at radius 2 is 2.05 bits per heavy atom. The summed E-state index contributed by atoms with van der Waals surface area (Å²) in [5, 5.41) is 0.100. The van der Waals surface area contributed by atoms with Crippen molar-refractivity contribution >= 4 is 17.6 Å². The smallest absolute Gasteiger partial charge is 0.306 e. The van der Waals surface area contributed by atoms with Gasteiger partial charge in [-0.05, 0) is 42.3 Å². The molecule has 0 bridgehead atoms. The van der Waals surface area contributed by atoms with Crippen LogP contribution in [-0.2, 0) is 9.53 Å². The van der Waals surface area contributed by atoms with Gasteiger partial charge in [0.05, 0.1) is 18.7 Å². The number of carbonyl (C=O) groups is 1. The fourth-order valence-electron chi connectivity index (χ4n) is 2.02. The zero-order chi connectivity index (χ0) is 15.2. The second-order valence-corrected chi connectivity index (χ2v) is 4.70. The molecule has 0 saturated carbocycles. The number of esters is 1. The third kappa shape index (κ3) is 4.23. The third-order valence-corrected chi connectivity index (χ3v) is 3.14. The lowest BCUT2D eigenvalue weighted by Crippen LogP contribution is -2.13. The minimum absolute atomic E-state index is 0.100. The van der Waals surface area contributed by atoms with Crippen molar-refractivity contribution in [3.05, 3.63) is 58.9 Å². The molecule has 0 aliphatic carbocycles. The fraction of sp³-hybridized carbons (Fsp3) is 0.267. The van der Waals surface area contributed by atoms with Crippen LogP contribution in [0.2, 0.25) is 5.28 Å². The number of hydrogen-bond acceptors (Lipinski definition) is 4. The molecule has 1 atom stereocenters. The van der Waals surface area contributed by atoms with Crippen LogP contribution in [-0.4, -0.2) is 22.5 Å². The Hall–Kier alpha value is -2.01. The molecule has 21 heavy (non-hydrogen) atoms. The molecule has 4 nitrogen and oxygen atoms in total. The number of nitrogens with zero attached hydrogens (tertiary/aromatic N) is 2.